The fourth-order valence-corrected chi connectivity index (χ4v) is 5.68. The molecule has 0 aromatic heterocycles. The van der Waals surface area contributed by atoms with Crippen LogP contribution in [0.5, 0.6) is 0 Å². The quantitative estimate of drug-likeness (QED) is 0.302. The molecule has 126 valence electrons. The number of hydrogen-bond acceptors (Lipinski definition) is 2. The average Bonchev–Trinajstić information content (AvgIpc) is 2.59. The minimum Gasteiger partial charge on any atom is -0.0877 e. The van der Waals surface area contributed by atoms with E-state index in [2.05, 4.69) is 97.4 Å². The summed E-state index contributed by atoms with van der Waals surface area (Å²) in [5.74, 6) is 0. The zero-order valence-electron chi connectivity index (χ0n) is 14.5. The van der Waals surface area contributed by atoms with E-state index in [1.54, 1.807) is 0 Å². The normalized spacial score (nSPS) is 13.3. The van der Waals surface area contributed by atoms with E-state index in [-0.39, 0.29) is 5.41 Å². The van der Waals surface area contributed by atoms with E-state index in [1.807, 2.05) is 23.5 Å². The summed E-state index contributed by atoms with van der Waals surface area (Å²) in [5.41, 5.74) is 4.13. The van der Waals surface area contributed by atoms with Crippen LogP contribution in [0.3, 0.4) is 0 Å². The van der Waals surface area contributed by atoms with Crippen molar-refractivity contribution in [3.05, 3.63) is 70.7 Å². The maximum Gasteiger partial charge on any atom is 0.0273 e. The van der Waals surface area contributed by atoms with Crippen LogP contribution >= 0.6 is 39.5 Å². The average molecular weight is 427 g/mol. The lowest BCUT2D eigenvalue weighted by Gasteiger charge is -2.20. The Bertz CT molecular complexity index is 937. The van der Waals surface area contributed by atoms with Crippen molar-refractivity contribution >= 4 is 39.5 Å². The van der Waals surface area contributed by atoms with Crippen molar-refractivity contribution < 1.29 is 0 Å². The van der Waals surface area contributed by atoms with Crippen molar-refractivity contribution in [1.29, 1.82) is 0 Å². The van der Waals surface area contributed by atoms with Gasteiger partial charge in [0.25, 0.3) is 0 Å². The molecule has 1 heterocycles. The summed E-state index contributed by atoms with van der Waals surface area (Å²) in [6, 6.07) is 22.3. The van der Waals surface area contributed by atoms with Crippen molar-refractivity contribution in [1.82, 2.24) is 0 Å². The van der Waals surface area contributed by atoms with Gasteiger partial charge in [0.15, 0.2) is 0 Å². The van der Waals surface area contributed by atoms with Crippen molar-refractivity contribution in [2.24, 2.45) is 0 Å². The van der Waals surface area contributed by atoms with Gasteiger partial charge < -0.3 is 0 Å². The van der Waals surface area contributed by atoms with Gasteiger partial charge in [0.05, 0.1) is 0 Å². The Morgan fingerprint density at radius 3 is 1.84 bits per heavy atom. The molecule has 0 fully saturated rings. The first kappa shape index (κ1) is 17.3. The van der Waals surface area contributed by atoms with E-state index < -0.39 is 0 Å². The summed E-state index contributed by atoms with van der Waals surface area (Å²) in [7, 11) is 0. The Kier molecular flexibility index (Phi) is 4.51. The minimum atomic E-state index is 0.193. The van der Waals surface area contributed by atoms with Gasteiger partial charge in [-0.1, -0.05) is 90.6 Å². The lowest BCUT2D eigenvalue weighted by molar-refractivity contribution is 0.590. The van der Waals surface area contributed by atoms with Crippen molar-refractivity contribution in [2.75, 3.05) is 0 Å². The molecular weight excluding hydrogens is 408 g/mol. The minimum absolute atomic E-state index is 0.193. The van der Waals surface area contributed by atoms with E-state index in [9.17, 15) is 0 Å². The predicted octanol–water partition coefficient (Wildman–Crippen LogP) is 8.03. The molecule has 0 N–H and O–H groups in total. The Morgan fingerprint density at radius 1 is 0.640 bits per heavy atom. The molecule has 0 radical (unpaired) electrons. The van der Waals surface area contributed by atoms with Crippen LogP contribution in [-0.2, 0) is 5.41 Å². The summed E-state index contributed by atoms with van der Waals surface area (Å²) in [5, 5.41) is 0. The molecular formula is C22H19BrS2. The standard InChI is InChI=1S/C22H19BrS2/c1-22(2,3)16-7-4-14(5-8-16)15-6-10-18-20(12-15)24-19-11-9-17(23)13-21(19)25-18/h4-13H,1-3H3. The number of hydrogen-bond donors (Lipinski definition) is 0. The summed E-state index contributed by atoms with van der Waals surface area (Å²) in [6.45, 7) is 6.76. The molecule has 3 aromatic carbocycles. The zero-order valence-corrected chi connectivity index (χ0v) is 17.7. The highest BCUT2D eigenvalue weighted by Crippen LogP contribution is 2.49. The molecule has 3 heteroatoms. The third kappa shape index (κ3) is 3.55. The molecule has 1 aliphatic heterocycles. The third-order valence-corrected chi connectivity index (χ3v) is 7.39. The molecule has 0 atom stereocenters. The van der Waals surface area contributed by atoms with Crippen LogP contribution in [0.2, 0.25) is 0 Å². The van der Waals surface area contributed by atoms with Crippen molar-refractivity contribution in [2.45, 2.75) is 45.8 Å². The van der Waals surface area contributed by atoms with Crippen LogP contribution in [0.15, 0.2) is 84.7 Å². The molecule has 0 amide bonds. The highest BCUT2D eigenvalue weighted by atomic mass is 79.9. The Labute approximate surface area is 166 Å². The molecule has 0 bridgehead atoms. The first-order chi connectivity index (χ1) is 11.9. The van der Waals surface area contributed by atoms with Crippen molar-refractivity contribution in [3.63, 3.8) is 0 Å². The van der Waals surface area contributed by atoms with E-state index >= 15 is 0 Å². The molecule has 0 spiro atoms. The van der Waals surface area contributed by atoms with Crippen LogP contribution in [0.1, 0.15) is 26.3 Å². The van der Waals surface area contributed by atoms with Gasteiger partial charge in [-0.25, -0.2) is 0 Å². The molecule has 0 saturated carbocycles. The number of rotatable bonds is 1. The number of halogens is 1. The molecule has 0 saturated heterocycles. The third-order valence-electron chi connectivity index (χ3n) is 4.37. The molecule has 0 aliphatic carbocycles. The van der Waals surface area contributed by atoms with Gasteiger partial charge >= 0.3 is 0 Å². The Morgan fingerprint density at radius 2 is 1.20 bits per heavy atom. The second-order valence-corrected chi connectivity index (χ2v) is 10.4. The number of fused-ring (bicyclic) bond motifs is 2. The van der Waals surface area contributed by atoms with Gasteiger partial charge in [0.2, 0.25) is 0 Å². The lowest BCUT2D eigenvalue weighted by atomic mass is 9.86. The van der Waals surface area contributed by atoms with E-state index in [1.165, 1.54) is 36.3 Å². The second kappa shape index (κ2) is 6.53. The van der Waals surface area contributed by atoms with Crippen LogP contribution in [0.25, 0.3) is 11.1 Å². The van der Waals surface area contributed by atoms with Gasteiger partial charge in [0, 0.05) is 24.1 Å². The monoisotopic (exact) mass is 426 g/mol. The first-order valence-electron chi connectivity index (χ1n) is 8.30. The fourth-order valence-electron chi connectivity index (χ4n) is 2.90. The first-order valence-corrected chi connectivity index (χ1v) is 10.7. The summed E-state index contributed by atoms with van der Waals surface area (Å²) < 4.78 is 1.14. The molecule has 4 rings (SSSR count). The predicted molar refractivity (Wildman–Crippen MR) is 113 cm³/mol. The lowest BCUT2D eigenvalue weighted by Crippen LogP contribution is -2.10. The highest BCUT2D eigenvalue weighted by Gasteiger charge is 2.18. The molecule has 0 nitrogen and oxygen atoms in total. The molecule has 0 unspecified atom stereocenters. The Hall–Kier alpha value is -1.16. The summed E-state index contributed by atoms with van der Waals surface area (Å²) in [6.07, 6.45) is 0. The van der Waals surface area contributed by atoms with Crippen molar-refractivity contribution in [3.8, 4) is 11.1 Å². The topological polar surface area (TPSA) is 0 Å². The zero-order chi connectivity index (χ0) is 17.6. The fraction of sp³-hybridized carbons (Fsp3) is 0.182. The highest BCUT2D eigenvalue weighted by molar-refractivity contribution is 9.10. The van der Waals surface area contributed by atoms with E-state index in [0.717, 1.165) is 4.47 Å². The van der Waals surface area contributed by atoms with Gasteiger partial charge in [-0.3, -0.25) is 0 Å². The van der Waals surface area contributed by atoms with E-state index in [4.69, 9.17) is 0 Å². The second-order valence-electron chi connectivity index (χ2n) is 7.28. The number of benzene rings is 3. The largest absolute Gasteiger partial charge is 0.0877 e. The van der Waals surface area contributed by atoms with Gasteiger partial charge in [-0.15, -0.1) is 0 Å². The van der Waals surface area contributed by atoms with Crippen LogP contribution in [0, 0.1) is 0 Å². The van der Waals surface area contributed by atoms with E-state index in [0.29, 0.717) is 0 Å². The molecule has 1 aliphatic rings. The van der Waals surface area contributed by atoms with Crippen LogP contribution in [0.4, 0.5) is 0 Å². The summed E-state index contributed by atoms with van der Waals surface area (Å²) >= 11 is 7.29. The Balaban J connectivity index is 1.67. The van der Waals surface area contributed by atoms with Crippen LogP contribution < -0.4 is 0 Å². The molecule has 3 aromatic rings. The maximum absolute atomic E-state index is 3.57. The van der Waals surface area contributed by atoms with Gasteiger partial charge in [-0.2, -0.15) is 0 Å². The maximum atomic E-state index is 3.57. The molecule has 25 heavy (non-hydrogen) atoms. The van der Waals surface area contributed by atoms with Crippen LogP contribution in [-0.4, -0.2) is 0 Å². The smallest absolute Gasteiger partial charge is 0.0273 e. The SMILES string of the molecule is CC(C)(C)c1ccc(-c2ccc3c(c2)Sc2ccc(Br)cc2S3)cc1. The summed E-state index contributed by atoms with van der Waals surface area (Å²) in [4.78, 5) is 5.35. The van der Waals surface area contributed by atoms with Gasteiger partial charge in [-0.05, 0) is 52.4 Å². The van der Waals surface area contributed by atoms with Gasteiger partial charge in [0.1, 0.15) is 0 Å².